The molecule has 0 unspecified atom stereocenters. The van der Waals surface area contributed by atoms with Crippen molar-refractivity contribution in [3.05, 3.63) is 40.2 Å². The highest BCUT2D eigenvalue weighted by Gasteiger charge is 2.21. The Morgan fingerprint density at radius 2 is 2.12 bits per heavy atom. The molecule has 2 aromatic heterocycles. The van der Waals surface area contributed by atoms with Crippen LogP contribution >= 0.6 is 11.3 Å². The lowest BCUT2D eigenvalue weighted by Gasteiger charge is -2.34. The molecule has 1 aliphatic heterocycles. The number of aromatic nitrogens is 2. The molecule has 132 valence electrons. The van der Waals surface area contributed by atoms with Crippen LogP contribution in [0, 0.1) is 6.92 Å². The van der Waals surface area contributed by atoms with Gasteiger partial charge in [0.05, 0.1) is 0 Å². The number of carbonyl (C=O) groups excluding carboxylic acids is 1. The van der Waals surface area contributed by atoms with Crippen LogP contribution < -0.4 is 10.2 Å². The van der Waals surface area contributed by atoms with Crippen LogP contribution in [0.5, 0.6) is 0 Å². The van der Waals surface area contributed by atoms with E-state index >= 15 is 0 Å². The van der Waals surface area contributed by atoms with E-state index in [0.717, 1.165) is 42.0 Å². The van der Waals surface area contributed by atoms with Crippen molar-refractivity contribution in [2.24, 2.45) is 0 Å². The SMILES string of the molecule is CCNc1cc(C)nc(N2CCN(C(=O)/C=C/c3cccs3)CC2)n1. The van der Waals surface area contributed by atoms with Gasteiger partial charge in [0.15, 0.2) is 0 Å². The number of aryl methyl sites for hydroxylation is 1. The average Bonchev–Trinajstić information content (AvgIpc) is 3.13. The summed E-state index contributed by atoms with van der Waals surface area (Å²) in [5, 5.41) is 5.24. The topological polar surface area (TPSA) is 61.4 Å². The predicted octanol–water partition coefficient (Wildman–Crippen LogP) is 2.64. The summed E-state index contributed by atoms with van der Waals surface area (Å²) in [7, 11) is 0. The molecule has 0 spiro atoms. The molecular weight excluding hydrogens is 334 g/mol. The largest absolute Gasteiger partial charge is 0.370 e. The Kier molecular flexibility index (Phi) is 5.65. The van der Waals surface area contributed by atoms with Crippen LogP contribution in [0.3, 0.4) is 0 Å². The summed E-state index contributed by atoms with van der Waals surface area (Å²) in [4.78, 5) is 26.5. The minimum atomic E-state index is 0.0616. The second kappa shape index (κ2) is 8.11. The second-order valence-electron chi connectivity index (χ2n) is 5.89. The van der Waals surface area contributed by atoms with Crippen LogP contribution in [0.1, 0.15) is 17.5 Å². The molecule has 1 amide bonds. The lowest BCUT2D eigenvalue weighted by molar-refractivity contribution is -0.126. The Labute approximate surface area is 152 Å². The van der Waals surface area contributed by atoms with E-state index in [1.165, 1.54) is 0 Å². The van der Waals surface area contributed by atoms with Gasteiger partial charge in [0.25, 0.3) is 0 Å². The molecule has 1 aliphatic rings. The number of hydrogen-bond acceptors (Lipinski definition) is 6. The second-order valence-corrected chi connectivity index (χ2v) is 6.87. The molecule has 0 atom stereocenters. The minimum Gasteiger partial charge on any atom is -0.370 e. The van der Waals surface area contributed by atoms with Crippen molar-refractivity contribution in [3.8, 4) is 0 Å². The van der Waals surface area contributed by atoms with E-state index in [0.29, 0.717) is 13.1 Å². The first-order chi connectivity index (χ1) is 12.2. The normalized spacial score (nSPS) is 15.0. The Bertz CT molecular complexity index is 736. The van der Waals surface area contributed by atoms with Gasteiger partial charge >= 0.3 is 0 Å². The first-order valence-corrected chi connectivity index (χ1v) is 9.38. The zero-order valence-electron chi connectivity index (χ0n) is 14.6. The van der Waals surface area contributed by atoms with Crippen LogP contribution in [0.4, 0.5) is 11.8 Å². The highest BCUT2D eigenvalue weighted by molar-refractivity contribution is 7.10. The summed E-state index contributed by atoms with van der Waals surface area (Å²) < 4.78 is 0. The predicted molar refractivity (Wildman–Crippen MR) is 103 cm³/mol. The molecule has 6 nitrogen and oxygen atoms in total. The molecule has 25 heavy (non-hydrogen) atoms. The van der Waals surface area contributed by atoms with E-state index in [2.05, 4.69) is 20.2 Å². The summed E-state index contributed by atoms with van der Waals surface area (Å²) in [6.45, 7) is 7.70. The smallest absolute Gasteiger partial charge is 0.246 e. The molecule has 0 aromatic carbocycles. The zero-order chi connectivity index (χ0) is 17.6. The monoisotopic (exact) mass is 357 g/mol. The van der Waals surface area contributed by atoms with Crippen LogP contribution in [0.2, 0.25) is 0 Å². The molecule has 1 fully saturated rings. The number of carbonyl (C=O) groups is 1. The van der Waals surface area contributed by atoms with Gasteiger partial charge in [0, 0.05) is 55.4 Å². The minimum absolute atomic E-state index is 0.0616. The number of nitrogens with zero attached hydrogens (tertiary/aromatic N) is 4. The zero-order valence-corrected chi connectivity index (χ0v) is 15.4. The lowest BCUT2D eigenvalue weighted by Crippen LogP contribution is -2.48. The van der Waals surface area contributed by atoms with Gasteiger partial charge < -0.3 is 15.1 Å². The molecule has 0 saturated carbocycles. The third kappa shape index (κ3) is 4.57. The number of hydrogen-bond donors (Lipinski definition) is 1. The maximum absolute atomic E-state index is 12.3. The van der Waals surface area contributed by atoms with E-state index in [1.54, 1.807) is 17.4 Å². The maximum atomic E-state index is 12.3. The van der Waals surface area contributed by atoms with E-state index in [9.17, 15) is 4.79 Å². The van der Waals surface area contributed by atoms with Crippen molar-refractivity contribution in [2.45, 2.75) is 13.8 Å². The summed E-state index contributed by atoms with van der Waals surface area (Å²) in [5.74, 6) is 1.64. The highest BCUT2D eigenvalue weighted by atomic mass is 32.1. The van der Waals surface area contributed by atoms with Crippen molar-refractivity contribution >= 4 is 35.1 Å². The fraction of sp³-hybridized carbons (Fsp3) is 0.389. The van der Waals surface area contributed by atoms with E-state index < -0.39 is 0 Å². The molecule has 1 N–H and O–H groups in total. The molecule has 3 heterocycles. The summed E-state index contributed by atoms with van der Waals surface area (Å²) in [6, 6.07) is 5.93. The van der Waals surface area contributed by atoms with E-state index in [-0.39, 0.29) is 5.91 Å². The van der Waals surface area contributed by atoms with Gasteiger partial charge in [-0.3, -0.25) is 4.79 Å². The Morgan fingerprint density at radius 3 is 2.80 bits per heavy atom. The molecular formula is C18H23N5OS. The molecule has 7 heteroatoms. The number of amides is 1. The molecule has 0 radical (unpaired) electrons. The summed E-state index contributed by atoms with van der Waals surface area (Å²) >= 11 is 1.63. The Morgan fingerprint density at radius 1 is 1.32 bits per heavy atom. The summed E-state index contributed by atoms with van der Waals surface area (Å²) in [5.41, 5.74) is 0.943. The van der Waals surface area contributed by atoms with Crippen molar-refractivity contribution in [2.75, 3.05) is 42.9 Å². The van der Waals surface area contributed by atoms with Crippen LogP contribution in [0.15, 0.2) is 29.7 Å². The number of piperazine rings is 1. The highest BCUT2D eigenvalue weighted by Crippen LogP contribution is 2.16. The van der Waals surface area contributed by atoms with Gasteiger partial charge in [-0.15, -0.1) is 11.3 Å². The van der Waals surface area contributed by atoms with Crippen LogP contribution in [-0.2, 0) is 4.79 Å². The number of anilines is 2. The lowest BCUT2D eigenvalue weighted by atomic mass is 10.3. The number of rotatable bonds is 5. The van der Waals surface area contributed by atoms with Crippen molar-refractivity contribution < 1.29 is 4.79 Å². The van der Waals surface area contributed by atoms with Crippen LogP contribution in [0.25, 0.3) is 6.08 Å². The molecule has 1 saturated heterocycles. The van der Waals surface area contributed by atoms with Gasteiger partial charge in [0.1, 0.15) is 5.82 Å². The molecule has 2 aromatic rings. The molecule has 3 rings (SSSR count). The van der Waals surface area contributed by atoms with Crippen molar-refractivity contribution in [3.63, 3.8) is 0 Å². The van der Waals surface area contributed by atoms with Gasteiger partial charge in [-0.05, 0) is 31.4 Å². The van der Waals surface area contributed by atoms with Crippen molar-refractivity contribution in [1.82, 2.24) is 14.9 Å². The Hall–Kier alpha value is -2.41. The van der Waals surface area contributed by atoms with Gasteiger partial charge in [-0.1, -0.05) is 6.07 Å². The Balaban J connectivity index is 1.59. The first-order valence-electron chi connectivity index (χ1n) is 8.50. The third-order valence-electron chi connectivity index (χ3n) is 4.01. The van der Waals surface area contributed by atoms with Crippen LogP contribution in [-0.4, -0.2) is 53.5 Å². The van der Waals surface area contributed by atoms with E-state index in [1.807, 2.05) is 48.4 Å². The standard InChI is InChI=1S/C18H23N5OS/c1-3-19-16-13-14(2)20-18(21-16)23-10-8-22(9-11-23)17(24)7-6-15-5-4-12-25-15/h4-7,12-13H,3,8-11H2,1-2H3,(H,19,20,21)/b7-6+. The van der Waals surface area contributed by atoms with Gasteiger partial charge in [-0.25, -0.2) is 4.98 Å². The third-order valence-corrected chi connectivity index (χ3v) is 4.85. The fourth-order valence-corrected chi connectivity index (χ4v) is 3.36. The average molecular weight is 357 g/mol. The van der Waals surface area contributed by atoms with Gasteiger partial charge in [0.2, 0.25) is 11.9 Å². The number of thiophene rings is 1. The molecule has 0 aliphatic carbocycles. The number of nitrogens with one attached hydrogen (secondary N) is 1. The maximum Gasteiger partial charge on any atom is 0.246 e. The van der Waals surface area contributed by atoms with E-state index in [4.69, 9.17) is 0 Å². The molecule has 0 bridgehead atoms. The van der Waals surface area contributed by atoms with Crippen molar-refractivity contribution in [1.29, 1.82) is 0 Å². The fourth-order valence-electron chi connectivity index (χ4n) is 2.74. The quantitative estimate of drug-likeness (QED) is 0.834. The summed E-state index contributed by atoms with van der Waals surface area (Å²) in [6.07, 6.45) is 3.54. The van der Waals surface area contributed by atoms with Gasteiger partial charge in [-0.2, -0.15) is 4.98 Å². The first kappa shape index (κ1) is 17.4.